The van der Waals surface area contributed by atoms with E-state index in [0.717, 1.165) is 11.1 Å². The van der Waals surface area contributed by atoms with Crippen LogP contribution >= 0.6 is 0 Å². The van der Waals surface area contributed by atoms with E-state index in [0.29, 0.717) is 17.0 Å². The molecular formula is C18H20N4O3. The van der Waals surface area contributed by atoms with Crippen molar-refractivity contribution in [3.63, 3.8) is 0 Å². The molecule has 3 aromatic rings. The van der Waals surface area contributed by atoms with Gasteiger partial charge in [0.25, 0.3) is 5.56 Å². The summed E-state index contributed by atoms with van der Waals surface area (Å²) in [6.07, 6.45) is 3.46. The minimum atomic E-state index is -0.261. The highest BCUT2D eigenvalue weighted by molar-refractivity contribution is 5.85. The van der Waals surface area contributed by atoms with Gasteiger partial charge in [-0.25, -0.2) is 9.20 Å². The van der Waals surface area contributed by atoms with Crippen LogP contribution in [0.3, 0.4) is 0 Å². The van der Waals surface area contributed by atoms with Gasteiger partial charge in [-0.1, -0.05) is 6.07 Å². The van der Waals surface area contributed by atoms with Crippen LogP contribution in [0.2, 0.25) is 0 Å². The molecule has 130 valence electrons. The van der Waals surface area contributed by atoms with Crippen molar-refractivity contribution in [2.75, 3.05) is 13.2 Å². The lowest BCUT2D eigenvalue weighted by molar-refractivity contribution is 0.278. The van der Waals surface area contributed by atoms with Gasteiger partial charge in [-0.05, 0) is 43.7 Å². The van der Waals surface area contributed by atoms with Crippen molar-refractivity contribution in [2.45, 2.75) is 19.9 Å². The molecule has 0 unspecified atom stereocenters. The summed E-state index contributed by atoms with van der Waals surface area (Å²) in [5, 5.41) is 27.7. The lowest BCUT2D eigenvalue weighted by atomic mass is 10.1. The summed E-state index contributed by atoms with van der Waals surface area (Å²) >= 11 is 0. The van der Waals surface area contributed by atoms with Crippen molar-refractivity contribution < 1.29 is 10.2 Å². The van der Waals surface area contributed by atoms with Crippen molar-refractivity contribution in [3.05, 3.63) is 58.1 Å². The Kier molecular flexibility index (Phi) is 4.78. The minimum absolute atomic E-state index is 0.0706. The Bertz CT molecular complexity index is 979. The molecule has 0 atom stereocenters. The van der Waals surface area contributed by atoms with Crippen LogP contribution in [-0.4, -0.2) is 42.8 Å². The summed E-state index contributed by atoms with van der Waals surface area (Å²) < 4.78 is 3.13. The SMILES string of the molecule is CC(C)n1nc(-c2c(C=C(CO)CO)nn3ccccc23)ccc1=O. The van der Waals surface area contributed by atoms with Crippen LogP contribution in [0.25, 0.3) is 22.9 Å². The van der Waals surface area contributed by atoms with Crippen LogP contribution in [-0.2, 0) is 0 Å². The van der Waals surface area contributed by atoms with E-state index in [-0.39, 0.29) is 24.8 Å². The Morgan fingerprint density at radius 3 is 2.60 bits per heavy atom. The first-order valence-electron chi connectivity index (χ1n) is 8.04. The van der Waals surface area contributed by atoms with Gasteiger partial charge < -0.3 is 10.2 Å². The monoisotopic (exact) mass is 340 g/mol. The van der Waals surface area contributed by atoms with Crippen LogP contribution in [0.1, 0.15) is 25.6 Å². The predicted octanol–water partition coefficient (Wildman–Crippen LogP) is 1.51. The molecule has 25 heavy (non-hydrogen) atoms. The van der Waals surface area contributed by atoms with E-state index in [2.05, 4.69) is 10.2 Å². The van der Waals surface area contributed by atoms with Gasteiger partial charge >= 0.3 is 0 Å². The predicted molar refractivity (Wildman–Crippen MR) is 95.2 cm³/mol. The number of aromatic nitrogens is 4. The number of nitrogens with zero attached hydrogens (tertiary/aromatic N) is 4. The fourth-order valence-electron chi connectivity index (χ4n) is 2.64. The first-order chi connectivity index (χ1) is 12.0. The number of rotatable bonds is 5. The summed E-state index contributed by atoms with van der Waals surface area (Å²) in [4.78, 5) is 12.0. The number of aliphatic hydroxyl groups is 2. The summed E-state index contributed by atoms with van der Waals surface area (Å²) in [6.45, 7) is 3.26. The second-order valence-electron chi connectivity index (χ2n) is 6.00. The van der Waals surface area contributed by atoms with E-state index in [1.54, 1.807) is 16.7 Å². The lowest BCUT2D eigenvalue weighted by Gasteiger charge is -2.10. The molecule has 0 bridgehead atoms. The molecule has 0 saturated carbocycles. The normalized spacial score (nSPS) is 11.2. The van der Waals surface area contributed by atoms with Gasteiger partial charge in [0.05, 0.1) is 41.7 Å². The van der Waals surface area contributed by atoms with Crippen LogP contribution in [0.15, 0.2) is 46.9 Å². The third-order valence-corrected chi connectivity index (χ3v) is 3.88. The van der Waals surface area contributed by atoms with E-state index in [9.17, 15) is 15.0 Å². The van der Waals surface area contributed by atoms with Crippen LogP contribution < -0.4 is 5.56 Å². The van der Waals surface area contributed by atoms with Crippen LogP contribution in [0.5, 0.6) is 0 Å². The van der Waals surface area contributed by atoms with Crippen molar-refractivity contribution >= 4 is 11.6 Å². The summed E-state index contributed by atoms with van der Waals surface area (Å²) in [5.41, 5.74) is 3.03. The Labute approximate surface area is 144 Å². The molecule has 3 heterocycles. The maximum Gasteiger partial charge on any atom is 0.267 e. The number of aliphatic hydroxyl groups excluding tert-OH is 2. The van der Waals surface area contributed by atoms with Gasteiger partial charge in [-0.2, -0.15) is 10.2 Å². The molecular weight excluding hydrogens is 320 g/mol. The van der Waals surface area contributed by atoms with Crippen LogP contribution in [0, 0.1) is 0 Å². The molecule has 0 radical (unpaired) electrons. The van der Waals surface area contributed by atoms with E-state index in [1.165, 1.54) is 10.7 Å². The average Bonchev–Trinajstić information content (AvgIpc) is 2.97. The number of hydrogen-bond donors (Lipinski definition) is 2. The molecule has 0 spiro atoms. The standard InChI is InChI=1S/C18H20N4O3/c1-12(2)22-17(25)7-6-14(20-22)18-15(9-13(10-23)11-24)19-21-8-4-3-5-16(18)21/h3-9,12,23-24H,10-11H2,1-2H3. The zero-order valence-electron chi connectivity index (χ0n) is 14.1. The Balaban J connectivity index is 2.29. The Hall–Kier alpha value is -2.77. The van der Waals surface area contributed by atoms with E-state index in [4.69, 9.17) is 0 Å². The van der Waals surface area contributed by atoms with Gasteiger partial charge in [0.1, 0.15) is 0 Å². The van der Waals surface area contributed by atoms with Gasteiger partial charge in [0.2, 0.25) is 0 Å². The second-order valence-corrected chi connectivity index (χ2v) is 6.00. The van der Waals surface area contributed by atoms with Gasteiger partial charge in [-0.3, -0.25) is 4.79 Å². The Morgan fingerprint density at radius 1 is 1.16 bits per heavy atom. The quantitative estimate of drug-likeness (QED) is 0.734. The molecule has 3 rings (SSSR count). The number of pyridine rings is 1. The van der Waals surface area contributed by atoms with Gasteiger partial charge in [0, 0.05) is 12.3 Å². The molecule has 3 aromatic heterocycles. The second kappa shape index (κ2) is 7.00. The molecule has 2 N–H and O–H groups in total. The third-order valence-electron chi connectivity index (χ3n) is 3.88. The highest BCUT2D eigenvalue weighted by atomic mass is 16.3. The van der Waals surface area contributed by atoms with Crippen molar-refractivity contribution in [2.24, 2.45) is 0 Å². The number of fused-ring (bicyclic) bond motifs is 1. The molecule has 0 aliphatic rings. The molecule has 7 nitrogen and oxygen atoms in total. The highest BCUT2D eigenvalue weighted by Crippen LogP contribution is 2.28. The van der Waals surface area contributed by atoms with Gasteiger partial charge in [-0.15, -0.1) is 0 Å². The Morgan fingerprint density at radius 2 is 1.92 bits per heavy atom. The third kappa shape index (κ3) is 3.24. The van der Waals surface area contributed by atoms with Gasteiger partial charge in [0.15, 0.2) is 0 Å². The van der Waals surface area contributed by atoms with Crippen molar-refractivity contribution in [3.8, 4) is 11.3 Å². The first-order valence-corrected chi connectivity index (χ1v) is 8.04. The zero-order valence-corrected chi connectivity index (χ0v) is 14.1. The maximum atomic E-state index is 12.0. The molecule has 0 aliphatic heterocycles. The molecule has 0 amide bonds. The molecule has 0 aliphatic carbocycles. The first kappa shape index (κ1) is 17.1. The topological polar surface area (TPSA) is 92.7 Å². The summed E-state index contributed by atoms with van der Waals surface area (Å²) in [7, 11) is 0. The van der Waals surface area contributed by atoms with Crippen molar-refractivity contribution in [1.29, 1.82) is 0 Å². The van der Waals surface area contributed by atoms with Crippen LogP contribution in [0.4, 0.5) is 0 Å². The van der Waals surface area contributed by atoms with E-state index < -0.39 is 0 Å². The highest BCUT2D eigenvalue weighted by Gasteiger charge is 2.16. The molecule has 0 saturated heterocycles. The number of hydrogen-bond acceptors (Lipinski definition) is 5. The molecule has 0 aromatic carbocycles. The average molecular weight is 340 g/mol. The smallest absolute Gasteiger partial charge is 0.267 e. The lowest BCUT2D eigenvalue weighted by Crippen LogP contribution is -2.23. The van der Waals surface area contributed by atoms with E-state index in [1.807, 2.05) is 38.2 Å². The minimum Gasteiger partial charge on any atom is -0.392 e. The molecule has 7 heteroatoms. The van der Waals surface area contributed by atoms with E-state index >= 15 is 0 Å². The fourth-order valence-corrected chi connectivity index (χ4v) is 2.64. The summed E-state index contributed by atoms with van der Waals surface area (Å²) in [5.74, 6) is 0. The van der Waals surface area contributed by atoms with Crippen molar-refractivity contribution in [1.82, 2.24) is 19.4 Å². The largest absolute Gasteiger partial charge is 0.392 e. The fraction of sp³-hybridized carbons (Fsp3) is 0.278. The zero-order chi connectivity index (χ0) is 18.0. The maximum absolute atomic E-state index is 12.0. The molecule has 0 fully saturated rings. The summed E-state index contributed by atoms with van der Waals surface area (Å²) in [6, 6.07) is 8.74.